The maximum absolute atomic E-state index is 12.6. The zero-order chi connectivity index (χ0) is 17.5. The highest BCUT2D eigenvalue weighted by atomic mass is 35.5. The maximum atomic E-state index is 12.6. The molecule has 0 unspecified atom stereocenters. The lowest BCUT2D eigenvalue weighted by Gasteiger charge is -2.37. The first-order chi connectivity index (χ1) is 11.4. The molecular weight excluding hydrogens is 349 g/mol. The van der Waals surface area contributed by atoms with Crippen LogP contribution in [0.2, 0.25) is 10.0 Å². The number of aryl methyl sites for hydroxylation is 1. The number of hydrogen-bond donors (Lipinski definition) is 2. The van der Waals surface area contributed by atoms with Crippen molar-refractivity contribution >= 4 is 34.7 Å². The fraction of sp³-hybridized carbons (Fsp3) is 0.500. The van der Waals surface area contributed by atoms with Gasteiger partial charge in [-0.05, 0) is 56.2 Å². The lowest BCUT2D eigenvalue weighted by Crippen LogP contribution is -2.47. The van der Waals surface area contributed by atoms with Crippen LogP contribution in [0.4, 0.5) is 0 Å². The Morgan fingerprint density at radius 2 is 2.00 bits per heavy atom. The predicted molar refractivity (Wildman–Crippen MR) is 95.5 cm³/mol. The van der Waals surface area contributed by atoms with E-state index < -0.39 is 5.54 Å². The average molecular weight is 370 g/mol. The molecule has 4 nitrogen and oxygen atoms in total. The van der Waals surface area contributed by atoms with Gasteiger partial charge in [0.1, 0.15) is 5.76 Å². The molecule has 0 saturated heterocycles. The highest BCUT2D eigenvalue weighted by Gasteiger charge is 2.48. The number of aliphatic hydroxyl groups excluding tert-OH is 1. The number of rotatable bonds is 3. The summed E-state index contributed by atoms with van der Waals surface area (Å²) >= 11 is 12.3. The summed E-state index contributed by atoms with van der Waals surface area (Å²) < 4.78 is 5.22. The molecule has 3 rings (SSSR count). The second-order valence-corrected chi connectivity index (χ2v) is 7.58. The Morgan fingerprint density at radius 3 is 2.58 bits per heavy atom. The lowest BCUT2D eigenvalue weighted by molar-refractivity contribution is -0.116. The van der Waals surface area contributed by atoms with Gasteiger partial charge in [0.25, 0.3) is 5.91 Å². The zero-order valence-corrected chi connectivity index (χ0v) is 15.3. The number of ether oxygens (including phenoxy) is 1. The minimum absolute atomic E-state index is 0.107. The number of methoxy groups -OCH3 is 1. The zero-order valence-electron chi connectivity index (χ0n) is 13.8. The van der Waals surface area contributed by atoms with Crippen LogP contribution in [0.15, 0.2) is 17.9 Å². The fourth-order valence-electron chi connectivity index (χ4n) is 3.87. The molecule has 1 heterocycles. The largest absolute Gasteiger partial charge is 0.509 e. The van der Waals surface area contributed by atoms with Crippen molar-refractivity contribution in [3.8, 4) is 0 Å². The van der Waals surface area contributed by atoms with Gasteiger partial charge >= 0.3 is 0 Å². The summed E-state index contributed by atoms with van der Waals surface area (Å²) in [6.45, 7) is 2.55. The molecule has 0 aromatic heterocycles. The van der Waals surface area contributed by atoms with Gasteiger partial charge in [-0.25, -0.2) is 0 Å². The second-order valence-electron chi connectivity index (χ2n) is 6.74. The van der Waals surface area contributed by atoms with Crippen molar-refractivity contribution in [1.82, 2.24) is 5.32 Å². The first-order valence-corrected chi connectivity index (χ1v) is 8.85. The highest BCUT2D eigenvalue weighted by Crippen LogP contribution is 2.44. The molecular formula is C18H21Cl2NO3. The second kappa shape index (κ2) is 6.58. The first-order valence-electron chi connectivity index (χ1n) is 8.09. The Bertz CT molecular complexity index is 683. The van der Waals surface area contributed by atoms with E-state index in [0.717, 1.165) is 18.4 Å². The van der Waals surface area contributed by atoms with E-state index in [1.54, 1.807) is 19.2 Å². The maximum Gasteiger partial charge on any atom is 0.256 e. The van der Waals surface area contributed by atoms with Gasteiger partial charge in [-0.1, -0.05) is 23.2 Å². The Labute approximate surface area is 151 Å². The van der Waals surface area contributed by atoms with Crippen LogP contribution >= 0.6 is 23.2 Å². The summed E-state index contributed by atoms with van der Waals surface area (Å²) in [6, 6.07) is 3.34. The molecule has 24 heavy (non-hydrogen) atoms. The van der Waals surface area contributed by atoms with Crippen LogP contribution in [0.5, 0.6) is 0 Å². The number of nitrogens with one attached hydrogen (secondary N) is 1. The Balaban J connectivity index is 1.98. The molecule has 2 N–H and O–H groups in total. The molecule has 2 aliphatic rings. The van der Waals surface area contributed by atoms with E-state index in [0.29, 0.717) is 41.0 Å². The van der Waals surface area contributed by atoms with Crippen LogP contribution in [0, 0.1) is 12.8 Å². The number of halogens is 2. The minimum Gasteiger partial charge on any atom is -0.509 e. The summed E-state index contributed by atoms with van der Waals surface area (Å²) in [4.78, 5) is 12.6. The van der Waals surface area contributed by atoms with E-state index in [-0.39, 0.29) is 17.2 Å². The fourth-order valence-corrected chi connectivity index (χ4v) is 4.56. The van der Waals surface area contributed by atoms with Gasteiger partial charge in [0.05, 0.1) is 16.1 Å². The monoisotopic (exact) mass is 369 g/mol. The number of benzene rings is 1. The van der Waals surface area contributed by atoms with Crippen molar-refractivity contribution in [2.75, 3.05) is 13.7 Å². The topological polar surface area (TPSA) is 58.6 Å². The summed E-state index contributed by atoms with van der Waals surface area (Å²) in [7, 11) is 1.70. The standard InChI is InChI=1S/C18H21Cl2NO3/c1-10-7-12(19)8-13(20)14(10)15-16(22)18(21-17(15)23)5-3-11(4-6-18)9-24-2/h7-8,11,22H,3-6,9H2,1-2H3,(H,21,23). The SMILES string of the molecule is COCC1CCC2(CC1)NC(=O)C(c1c(C)cc(Cl)cc1Cl)=C2O. The predicted octanol–water partition coefficient (Wildman–Crippen LogP) is 4.28. The molecule has 1 aromatic carbocycles. The van der Waals surface area contributed by atoms with Crippen LogP contribution in [-0.4, -0.2) is 30.3 Å². The number of carbonyl (C=O) groups excluding carboxylic acids is 1. The van der Waals surface area contributed by atoms with Crippen LogP contribution in [-0.2, 0) is 9.53 Å². The molecule has 1 aliphatic carbocycles. The van der Waals surface area contributed by atoms with Gasteiger partial charge in [-0.3, -0.25) is 4.79 Å². The lowest BCUT2D eigenvalue weighted by atomic mass is 9.76. The molecule has 1 fully saturated rings. The third-order valence-corrected chi connectivity index (χ3v) is 5.65. The number of carbonyl (C=O) groups is 1. The molecule has 1 amide bonds. The van der Waals surface area contributed by atoms with Gasteiger partial charge in [0.15, 0.2) is 0 Å². The van der Waals surface area contributed by atoms with Crippen LogP contribution in [0.25, 0.3) is 5.57 Å². The van der Waals surface area contributed by atoms with E-state index in [1.807, 2.05) is 6.92 Å². The number of amides is 1. The Hall–Kier alpha value is -1.23. The van der Waals surface area contributed by atoms with Gasteiger partial charge in [-0.2, -0.15) is 0 Å². The van der Waals surface area contributed by atoms with E-state index in [4.69, 9.17) is 27.9 Å². The van der Waals surface area contributed by atoms with Gasteiger partial charge in [0.2, 0.25) is 0 Å². The highest BCUT2D eigenvalue weighted by molar-refractivity contribution is 6.38. The quantitative estimate of drug-likeness (QED) is 0.835. The van der Waals surface area contributed by atoms with Gasteiger partial charge in [-0.15, -0.1) is 0 Å². The van der Waals surface area contributed by atoms with Gasteiger partial charge in [0, 0.05) is 24.3 Å². The summed E-state index contributed by atoms with van der Waals surface area (Å²) in [5.41, 5.74) is 0.937. The van der Waals surface area contributed by atoms with E-state index in [9.17, 15) is 9.90 Å². The van der Waals surface area contributed by atoms with E-state index in [2.05, 4.69) is 5.32 Å². The third-order valence-electron chi connectivity index (χ3n) is 5.13. The third kappa shape index (κ3) is 2.92. The molecule has 0 radical (unpaired) electrons. The van der Waals surface area contributed by atoms with Gasteiger partial charge < -0.3 is 15.2 Å². The summed E-state index contributed by atoms with van der Waals surface area (Å²) in [5.74, 6) is 0.302. The number of aliphatic hydroxyl groups is 1. The molecule has 130 valence electrons. The first kappa shape index (κ1) is 17.6. The minimum atomic E-state index is -0.675. The van der Waals surface area contributed by atoms with Crippen molar-refractivity contribution in [2.24, 2.45) is 5.92 Å². The summed E-state index contributed by atoms with van der Waals surface area (Å²) in [6.07, 6.45) is 3.20. The van der Waals surface area contributed by atoms with Crippen molar-refractivity contribution < 1.29 is 14.6 Å². The van der Waals surface area contributed by atoms with Crippen molar-refractivity contribution in [2.45, 2.75) is 38.1 Å². The number of hydrogen-bond acceptors (Lipinski definition) is 3. The van der Waals surface area contributed by atoms with E-state index in [1.165, 1.54) is 0 Å². The van der Waals surface area contributed by atoms with E-state index >= 15 is 0 Å². The Morgan fingerprint density at radius 1 is 1.33 bits per heavy atom. The molecule has 1 aliphatic heterocycles. The molecule has 0 atom stereocenters. The molecule has 1 spiro atoms. The normalized spacial score (nSPS) is 27.0. The van der Waals surface area contributed by atoms with Crippen LogP contribution in [0.3, 0.4) is 0 Å². The Kier molecular flexibility index (Phi) is 4.82. The smallest absolute Gasteiger partial charge is 0.256 e. The van der Waals surface area contributed by atoms with Crippen molar-refractivity contribution in [1.29, 1.82) is 0 Å². The molecule has 6 heteroatoms. The summed E-state index contributed by atoms with van der Waals surface area (Å²) in [5, 5.41) is 14.8. The molecule has 0 bridgehead atoms. The van der Waals surface area contributed by atoms with Crippen LogP contribution in [0.1, 0.15) is 36.8 Å². The van der Waals surface area contributed by atoms with Crippen molar-refractivity contribution in [3.63, 3.8) is 0 Å². The molecule has 1 aromatic rings. The van der Waals surface area contributed by atoms with Crippen LogP contribution < -0.4 is 5.32 Å². The molecule has 1 saturated carbocycles. The van der Waals surface area contributed by atoms with Crippen molar-refractivity contribution in [3.05, 3.63) is 39.1 Å². The average Bonchev–Trinajstić information content (AvgIpc) is 2.74.